The summed E-state index contributed by atoms with van der Waals surface area (Å²) in [5.41, 5.74) is 0. The lowest BCUT2D eigenvalue weighted by Gasteiger charge is -2.09. The SMILES string of the molecule is CCCCCCOC(=O)COc1cc(Cl)c(Cl)cc1Cl. The fraction of sp³-hybridized carbons (Fsp3) is 0.500. The van der Waals surface area contributed by atoms with Crippen LogP contribution in [0.2, 0.25) is 15.1 Å². The maximum absolute atomic E-state index is 11.5. The molecule has 0 bridgehead atoms. The van der Waals surface area contributed by atoms with E-state index >= 15 is 0 Å². The van der Waals surface area contributed by atoms with E-state index < -0.39 is 5.97 Å². The van der Waals surface area contributed by atoms with Gasteiger partial charge in [-0.2, -0.15) is 0 Å². The first-order valence-electron chi connectivity index (χ1n) is 6.47. The zero-order chi connectivity index (χ0) is 15.0. The molecule has 0 aliphatic heterocycles. The maximum Gasteiger partial charge on any atom is 0.344 e. The molecule has 1 aromatic carbocycles. The van der Waals surface area contributed by atoms with Crippen molar-refractivity contribution in [3.8, 4) is 5.75 Å². The summed E-state index contributed by atoms with van der Waals surface area (Å²) in [6.45, 7) is 2.34. The number of unbranched alkanes of at least 4 members (excludes halogenated alkanes) is 3. The Kier molecular flexibility index (Phi) is 8.12. The van der Waals surface area contributed by atoms with Gasteiger partial charge in [0.25, 0.3) is 0 Å². The Hall–Kier alpha value is -0.640. The van der Waals surface area contributed by atoms with Gasteiger partial charge in [-0.05, 0) is 12.5 Å². The minimum Gasteiger partial charge on any atom is -0.480 e. The van der Waals surface area contributed by atoms with E-state index in [1.807, 2.05) is 0 Å². The first-order valence-corrected chi connectivity index (χ1v) is 7.61. The quantitative estimate of drug-likeness (QED) is 0.373. The third-order valence-corrected chi connectivity index (χ3v) is 3.60. The smallest absolute Gasteiger partial charge is 0.344 e. The molecule has 1 aromatic rings. The molecule has 0 spiro atoms. The summed E-state index contributed by atoms with van der Waals surface area (Å²) in [7, 11) is 0. The lowest BCUT2D eigenvalue weighted by molar-refractivity contribution is -0.146. The Morgan fingerprint density at radius 1 is 1.05 bits per heavy atom. The van der Waals surface area contributed by atoms with Gasteiger partial charge in [0.05, 0.1) is 21.7 Å². The van der Waals surface area contributed by atoms with Crippen molar-refractivity contribution >= 4 is 40.8 Å². The van der Waals surface area contributed by atoms with Gasteiger partial charge in [-0.1, -0.05) is 61.0 Å². The summed E-state index contributed by atoms with van der Waals surface area (Å²) < 4.78 is 10.3. The first kappa shape index (κ1) is 17.4. The topological polar surface area (TPSA) is 35.5 Å². The van der Waals surface area contributed by atoms with E-state index in [2.05, 4.69) is 6.92 Å². The van der Waals surface area contributed by atoms with E-state index in [0.717, 1.165) is 25.7 Å². The maximum atomic E-state index is 11.5. The zero-order valence-corrected chi connectivity index (χ0v) is 13.5. The molecule has 0 saturated carbocycles. The molecule has 0 radical (unpaired) electrons. The summed E-state index contributed by atoms with van der Waals surface area (Å²) in [5, 5.41) is 0.955. The average Bonchev–Trinajstić information content (AvgIpc) is 2.41. The van der Waals surface area contributed by atoms with E-state index in [1.165, 1.54) is 12.1 Å². The van der Waals surface area contributed by atoms with E-state index in [9.17, 15) is 4.79 Å². The van der Waals surface area contributed by atoms with Gasteiger partial charge in [-0.25, -0.2) is 4.79 Å². The predicted octanol–water partition coefficient (Wildman–Crippen LogP) is 5.15. The first-order chi connectivity index (χ1) is 9.54. The molecule has 1 rings (SSSR count). The van der Waals surface area contributed by atoms with Gasteiger partial charge in [0, 0.05) is 6.07 Å². The molecule has 6 heteroatoms. The minimum atomic E-state index is -0.427. The second-order valence-electron chi connectivity index (χ2n) is 4.27. The molecule has 0 aromatic heterocycles. The van der Waals surface area contributed by atoms with Crippen molar-refractivity contribution in [2.75, 3.05) is 13.2 Å². The van der Waals surface area contributed by atoms with Gasteiger partial charge >= 0.3 is 5.97 Å². The third kappa shape index (κ3) is 6.21. The molecule has 0 atom stereocenters. The second-order valence-corrected chi connectivity index (χ2v) is 5.49. The number of esters is 1. The lowest BCUT2D eigenvalue weighted by Crippen LogP contribution is -2.15. The Morgan fingerprint density at radius 3 is 2.45 bits per heavy atom. The highest BCUT2D eigenvalue weighted by Crippen LogP contribution is 2.33. The third-order valence-electron chi connectivity index (χ3n) is 2.58. The zero-order valence-electron chi connectivity index (χ0n) is 11.3. The Balaban J connectivity index is 2.32. The van der Waals surface area contributed by atoms with Gasteiger partial charge in [0.1, 0.15) is 5.75 Å². The van der Waals surface area contributed by atoms with Crippen LogP contribution < -0.4 is 4.74 Å². The number of benzene rings is 1. The van der Waals surface area contributed by atoms with Crippen LogP contribution in [0, 0.1) is 0 Å². The van der Waals surface area contributed by atoms with Crippen LogP contribution >= 0.6 is 34.8 Å². The Labute approximate surface area is 134 Å². The van der Waals surface area contributed by atoms with Crippen LogP contribution in [0.25, 0.3) is 0 Å². The van der Waals surface area contributed by atoms with Gasteiger partial charge in [0.15, 0.2) is 6.61 Å². The number of hydrogen-bond acceptors (Lipinski definition) is 3. The number of hydrogen-bond donors (Lipinski definition) is 0. The van der Waals surface area contributed by atoms with Crippen molar-refractivity contribution in [1.29, 1.82) is 0 Å². The highest BCUT2D eigenvalue weighted by atomic mass is 35.5. The second kappa shape index (κ2) is 9.32. The summed E-state index contributed by atoms with van der Waals surface area (Å²) in [5.74, 6) is -0.118. The molecule has 0 N–H and O–H groups in total. The molecule has 3 nitrogen and oxygen atoms in total. The molecule has 112 valence electrons. The van der Waals surface area contributed by atoms with E-state index in [-0.39, 0.29) is 6.61 Å². The number of carbonyl (C=O) groups is 1. The van der Waals surface area contributed by atoms with Crippen LogP contribution in [0.5, 0.6) is 5.75 Å². The van der Waals surface area contributed by atoms with Gasteiger partial charge < -0.3 is 9.47 Å². The number of ether oxygens (including phenoxy) is 2. The van der Waals surface area contributed by atoms with Crippen LogP contribution in [-0.4, -0.2) is 19.2 Å². The van der Waals surface area contributed by atoms with Crippen LogP contribution in [0.4, 0.5) is 0 Å². The van der Waals surface area contributed by atoms with Crippen molar-refractivity contribution in [3.05, 3.63) is 27.2 Å². The average molecular weight is 340 g/mol. The van der Waals surface area contributed by atoms with Crippen LogP contribution in [0.15, 0.2) is 12.1 Å². The molecule has 0 heterocycles. The molecular formula is C14H17Cl3O3. The van der Waals surface area contributed by atoms with Crippen molar-refractivity contribution < 1.29 is 14.3 Å². The van der Waals surface area contributed by atoms with E-state index in [1.54, 1.807) is 0 Å². The molecule has 0 unspecified atom stereocenters. The predicted molar refractivity (Wildman–Crippen MR) is 82.1 cm³/mol. The highest BCUT2D eigenvalue weighted by molar-refractivity contribution is 6.43. The van der Waals surface area contributed by atoms with Crippen LogP contribution in [-0.2, 0) is 9.53 Å². The monoisotopic (exact) mass is 338 g/mol. The lowest BCUT2D eigenvalue weighted by atomic mass is 10.2. The molecular weight excluding hydrogens is 323 g/mol. The molecule has 0 aliphatic rings. The van der Waals surface area contributed by atoms with Crippen molar-refractivity contribution in [2.24, 2.45) is 0 Å². The number of rotatable bonds is 8. The highest BCUT2D eigenvalue weighted by Gasteiger charge is 2.10. The molecule has 0 amide bonds. The van der Waals surface area contributed by atoms with Gasteiger partial charge in [0.2, 0.25) is 0 Å². The normalized spacial score (nSPS) is 10.4. The minimum absolute atomic E-state index is 0.203. The Morgan fingerprint density at radius 2 is 1.75 bits per heavy atom. The Bertz CT molecular complexity index is 450. The molecule has 0 fully saturated rings. The molecule has 20 heavy (non-hydrogen) atoms. The fourth-order valence-electron chi connectivity index (χ4n) is 1.51. The summed E-state index contributed by atoms with van der Waals surface area (Å²) in [6, 6.07) is 2.94. The summed E-state index contributed by atoms with van der Waals surface area (Å²) in [6.07, 6.45) is 4.22. The molecule has 0 saturated heterocycles. The van der Waals surface area contributed by atoms with Gasteiger partial charge in [-0.3, -0.25) is 0 Å². The van der Waals surface area contributed by atoms with E-state index in [4.69, 9.17) is 44.3 Å². The number of carbonyl (C=O) groups excluding carboxylic acids is 1. The van der Waals surface area contributed by atoms with Gasteiger partial charge in [-0.15, -0.1) is 0 Å². The standard InChI is InChI=1S/C14H17Cl3O3/c1-2-3-4-5-6-19-14(18)9-20-13-8-11(16)10(15)7-12(13)17/h7-8H,2-6,9H2,1H3. The molecule has 0 aliphatic carbocycles. The van der Waals surface area contributed by atoms with Crippen molar-refractivity contribution in [1.82, 2.24) is 0 Å². The largest absolute Gasteiger partial charge is 0.480 e. The van der Waals surface area contributed by atoms with Crippen molar-refractivity contribution in [2.45, 2.75) is 32.6 Å². The number of halogens is 3. The summed E-state index contributed by atoms with van der Waals surface area (Å²) >= 11 is 17.6. The summed E-state index contributed by atoms with van der Waals surface area (Å²) in [4.78, 5) is 11.5. The van der Waals surface area contributed by atoms with Crippen LogP contribution in [0.1, 0.15) is 32.6 Å². The fourth-order valence-corrected chi connectivity index (χ4v) is 2.10. The van der Waals surface area contributed by atoms with Crippen LogP contribution in [0.3, 0.4) is 0 Å². The van der Waals surface area contributed by atoms with E-state index in [0.29, 0.717) is 27.4 Å². The van der Waals surface area contributed by atoms with Crippen molar-refractivity contribution in [3.63, 3.8) is 0 Å².